The van der Waals surface area contributed by atoms with Crippen LogP contribution in [0.3, 0.4) is 0 Å². The van der Waals surface area contributed by atoms with Gasteiger partial charge in [-0.1, -0.05) is 12.1 Å². The van der Waals surface area contributed by atoms with Crippen molar-refractivity contribution in [1.29, 1.82) is 0 Å². The highest BCUT2D eigenvalue weighted by Gasteiger charge is 2.14. The smallest absolute Gasteiger partial charge is 0.221 e. The van der Waals surface area contributed by atoms with E-state index < -0.39 is 0 Å². The molecule has 5 nitrogen and oxygen atoms in total. The molecule has 0 aromatic heterocycles. The van der Waals surface area contributed by atoms with Crippen molar-refractivity contribution in [2.24, 2.45) is 0 Å². The first-order valence-corrected chi connectivity index (χ1v) is 5.77. The number of amides is 2. The lowest BCUT2D eigenvalue weighted by Crippen LogP contribution is -2.38. The number of hydrogen-bond donors (Lipinski definition) is 3. The van der Waals surface area contributed by atoms with Crippen molar-refractivity contribution in [1.82, 2.24) is 10.6 Å². The molecule has 98 valence electrons. The van der Waals surface area contributed by atoms with Crippen LogP contribution in [0, 0.1) is 0 Å². The van der Waals surface area contributed by atoms with E-state index in [1.807, 2.05) is 0 Å². The Hall–Kier alpha value is -2.04. The maximum atomic E-state index is 11.3. The monoisotopic (exact) mass is 250 g/mol. The number of benzene rings is 1. The van der Waals surface area contributed by atoms with Gasteiger partial charge in [0.2, 0.25) is 11.8 Å². The summed E-state index contributed by atoms with van der Waals surface area (Å²) < 4.78 is 0. The molecule has 0 radical (unpaired) electrons. The number of phenolic OH excluding ortho intramolecular Hbond substituents is 1. The first kappa shape index (κ1) is 14.0. The first-order valence-electron chi connectivity index (χ1n) is 5.77. The van der Waals surface area contributed by atoms with Crippen molar-refractivity contribution < 1.29 is 14.7 Å². The Morgan fingerprint density at radius 2 is 1.89 bits per heavy atom. The van der Waals surface area contributed by atoms with Crippen molar-refractivity contribution in [3.63, 3.8) is 0 Å². The van der Waals surface area contributed by atoms with Gasteiger partial charge < -0.3 is 15.7 Å². The summed E-state index contributed by atoms with van der Waals surface area (Å²) in [6.07, 6.45) is 0.782. The number of carbonyl (C=O) groups excluding carboxylic acids is 2. The minimum atomic E-state index is -0.244. The van der Waals surface area contributed by atoms with Gasteiger partial charge in [0.15, 0.2) is 0 Å². The summed E-state index contributed by atoms with van der Waals surface area (Å²) in [5.41, 5.74) is 0.954. The first-order chi connectivity index (χ1) is 8.51. The van der Waals surface area contributed by atoms with E-state index in [4.69, 9.17) is 0 Å². The van der Waals surface area contributed by atoms with Crippen LogP contribution in [0.5, 0.6) is 5.75 Å². The molecule has 0 aliphatic heterocycles. The lowest BCUT2D eigenvalue weighted by molar-refractivity contribution is -0.122. The number of rotatable bonds is 5. The Labute approximate surface area is 106 Å². The van der Waals surface area contributed by atoms with E-state index in [0.29, 0.717) is 6.42 Å². The van der Waals surface area contributed by atoms with Crippen LogP contribution < -0.4 is 10.6 Å². The fourth-order valence-corrected chi connectivity index (χ4v) is 1.70. The van der Waals surface area contributed by atoms with Crippen LogP contribution in [-0.4, -0.2) is 30.0 Å². The summed E-state index contributed by atoms with van der Waals surface area (Å²) in [7, 11) is 1.56. The number of nitrogens with one attached hydrogen (secondary N) is 2. The van der Waals surface area contributed by atoms with E-state index in [1.54, 1.807) is 31.3 Å². The maximum absolute atomic E-state index is 11.3. The zero-order valence-corrected chi connectivity index (χ0v) is 10.6. The molecule has 18 heavy (non-hydrogen) atoms. The highest BCUT2D eigenvalue weighted by Crippen LogP contribution is 2.12. The zero-order chi connectivity index (χ0) is 13.5. The molecule has 2 amide bonds. The van der Waals surface area contributed by atoms with E-state index in [9.17, 15) is 14.7 Å². The maximum Gasteiger partial charge on any atom is 0.221 e. The van der Waals surface area contributed by atoms with Gasteiger partial charge in [0.1, 0.15) is 5.75 Å². The molecule has 0 bridgehead atoms. The van der Waals surface area contributed by atoms with Crippen molar-refractivity contribution >= 4 is 11.8 Å². The fourth-order valence-electron chi connectivity index (χ4n) is 1.70. The van der Waals surface area contributed by atoms with Gasteiger partial charge in [0.25, 0.3) is 0 Å². The van der Waals surface area contributed by atoms with Gasteiger partial charge in [-0.15, -0.1) is 0 Å². The van der Waals surface area contributed by atoms with Gasteiger partial charge in [-0.05, 0) is 24.1 Å². The van der Waals surface area contributed by atoms with Crippen LogP contribution >= 0.6 is 0 Å². The van der Waals surface area contributed by atoms with Crippen LogP contribution in [0.2, 0.25) is 0 Å². The fraction of sp³-hybridized carbons (Fsp3) is 0.385. The van der Waals surface area contributed by atoms with Gasteiger partial charge in [-0.25, -0.2) is 0 Å². The highest BCUT2D eigenvalue weighted by molar-refractivity contribution is 5.78. The second kappa shape index (κ2) is 6.64. The molecule has 0 fully saturated rings. The molecule has 0 unspecified atom stereocenters. The Kier molecular flexibility index (Phi) is 5.17. The Morgan fingerprint density at radius 3 is 2.39 bits per heavy atom. The van der Waals surface area contributed by atoms with E-state index in [0.717, 1.165) is 5.56 Å². The Balaban J connectivity index is 2.67. The molecule has 1 aromatic rings. The van der Waals surface area contributed by atoms with Crippen molar-refractivity contribution in [3.05, 3.63) is 29.8 Å². The average molecular weight is 250 g/mol. The van der Waals surface area contributed by atoms with Gasteiger partial charge >= 0.3 is 0 Å². The largest absolute Gasteiger partial charge is 0.508 e. The molecule has 0 saturated carbocycles. The standard InChI is InChI=1S/C13H18N2O3/c1-9(16)15-11(8-13(18)14-2)7-10-3-5-12(17)6-4-10/h3-6,11,17H,7-8H2,1-2H3,(H,14,18)(H,15,16)/t11-/m0/s1. The van der Waals surface area contributed by atoms with Crippen LogP contribution in [0.1, 0.15) is 18.9 Å². The predicted octanol–water partition coefficient (Wildman–Crippen LogP) is 0.575. The highest BCUT2D eigenvalue weighted by atomic mass is 16.3. The van der Waals surface area contributed by atoms with Crippen LogP contribution in [0.25, 0.3) is 0 Å². The molecule has 1 rings (SSSR count). The van der Waals surface area contributed by atoms with Crippen molar-refractivity contribution in [2.75, 3.05) is 7.05 Å². The predicted molar refractivity (Wildman–Crippen MR) is 68.1 cm³/mol. The summed E-state index contributed by atoms with van der Waals surface area (Å²) in [4.78, 5) is 22.4. The van der Waals surface area contributed by atoms with Gasteiger partial charge in [0.05, 0.1) is 0 Å². The summed E-state index contributed by atoms with van der Waals surface area (Å²) in [6, 6.07) is 6.47. The molecule has 1 atom stereocenters. The number of carbonyl (C=O) groups is 2. The summed E-state index contributed by atoms with van der Waals surface area (Å²) in [6.45, 7) is 1.42. The molecular weight excluding hydrogens is 232 g/mol. The van der Waals surface area contributed by atoms with Gasteiger partial charge in [0, 0.05) is 26.4 Å². The van der Waals surface area contributed by atoms with E-state index in [1.165, 1.54) is 6.92 Å². The topological polar surface area (TPSA) is 78.4 Å². The minimum absolute atomic E-state index is 0.118. The molecular formula is C13H18N2O3. The third kappa shape index (κ3) is 4.86. The van der Waals surface area contributed by atoms with Crippen LogP contribution in [0.15, 0.2) is 24.3 Å². The summed E-state index contributed by atoms with van der Waals surface area (Å²) in [5.74, 6) is -0.0867. The average Bonchev–Trinajstić information content (AvgIpc) is 2.31. The Morgan fingerprint density at radius 1 is 1.28 bits per heavy atom. The quantitative estimate of drug-likeness (QED) is 0.715. The van der Waals surface area contributed by atoms with E-state index in [-0.39, 0.29) is 30.0 Å². The third-order valence-electron chi connectivity index (χ3n) is 2.54. The summed E-state index contributed by atoms with van der Waals surface area (Å²) >= 11 is 0. The Bertz CT molecular complexity index is 415. The lowest BCUT2D eigenvalue weighted by atomic mass is 10.0. The molecule has 3 N–H and O–H groups in total. The zero-order valence-electron chi connectivity index (χ0n) is 10.6. The van der Waals surface area contributed by atoms with Gasteiger partial charge in [-0.3, -0.25) is 9.59 Å². The van der Waals surface area contributed by atoms with Crippen molar-refractivity contribution in [2.45, 2.75) is 25.8 Å². The van der Waals surface area contributed by atoms with Gasteiger partial charge in [-0.2, -0.15) is 0 Å². The SMILES string of the molecule is CNC(=O)C[C@H](Cc1ccc(O)cc1)NC(C)=O. The molecule has 0 aliphatic rings. The second-order valence-corrected chi connectivity index (χ2v) is 4.15. The molecule has 1 aromatic carbocycles. The molecule has 5 heteroatoms. The van der Waals surface area contributed by atoms with E-state index in [2.05, 4.69) is 10.6 Å². The van der Waals surface area contributed by atoms with Crippen LogP contribution in [0.4, 0.5) is 0 Å². The second-order valence-electron chi connectivity index (χ2n) is 4.15. The van der Waals surface area contributed by atoms with Crippen molar-refractivity contribution in [3.8, 4) is 5.75 Å². The minimum Gasteiger partial charge on any atom is -0.508 e. The molecule has 0 heterocycles. The van der Waals surface area contributed by atoms with Crippen LogP contribution in [-0.2, 0) is 16.0 Å². The molecule has 0 aliphatic carbocycles. The molecule has 0 saturated heterocycles. The number of hydrogen-bond acceptors (Lipinski definition) is 3. The number of phenols is 1. The molecule has 0 spiro atoms. The normalized spacial score (nSPS) is 11.7. The van der Waals surface area contributed by atoms with E-state index >= 15 is 0 Å². The third-order valence-corrected chi connectivity index (χ3v) is 2.54. The lowest BCUT2D eigenvalue weighted by Gasteiger charge is -2.17. The summed E-state index contributed by atoms with van der Waals surface area (Å²) in [5, 5.41) is 14.5. The number of aromatic hydroxyl groups is 1.